The molecule has 0 aliphatic carbocycles. The summed E-state index contributed by atoms with van der Waals surface area (Å²) < 4.78 is 42.1. The molecule has 2 rings (SSSR count). The van der Waals surface area contributed by atoms with E-state index < -0.39 is 12.8 Å². The topological polar surface area (TPSA) is 75.9 Å². The second-order valence-corrected chi connectivity index (χ2v) is 7.72. The number of likely N-dealkylation sites (tertiary alicyclic amines) is 1. The first-order valence-electron chi connectivity index (χ1n) is 9.51. The highest BCUT2D eigenvalue weighted by Gasteiger charge is 2.29. The molecule has 0 spiro atoms. The van der Waals surface area contributed by atoms with E-state index in [2.05, 4.69) is 0 Å². The predicted molar refractivity (Wildman–Crippen MR) is 102 cm³/mol. The van der Waals surface area contributed by atoms with Crippen molar-refractivity contribution in [1.29, 1.82) is 0 Å². The van der Waals surface area contributed by atoms with E-state index in [9.17, 15) is 22.8 Å². The molecular formula is C20H28F3N3O3. The van der Waals surface area contributed by atoms with Crippen LogP contribution in [0.2, 0.25) is 0 Å². The molecule has 29 heavy (non-hydrogen) atoms. The van der Waals surface area contributed by atoms with Gasteiger partial charge in [-0.2, -0.15) is 13.2 Å². The fourth-order valence-corrected chi connectivity index (χ4v) is 3.65. The van der Waals surface area contributed by atoms with E-state index in [0.29, 0.717) is 37.2 Å². The first-order chi connectivity index (χ1) is 13.5. The van der Waals surface area contributed by atoms with E-state index in [1.165, 1.54) is 0 Å². The number of nitrogens with zero attached hydrogens (tertiary/aromatic N) is 2. The van der Waals surface area contributed by atoms with Crippen LogP contribution in [0.3, 0.4) is 0 Å². The molecule has 2 N–H and O–H groups in total. The average Bonchev–Trinajstić information content (AvgIpc) is 2.59. The van der Waals surface area contributed by atoms with Crippen LogP contribution in [0.15, 0.2) is 12.1 Å². The van der Waals surface area contributed by atoms with Gasteiger partial charge in [0, 0.05) is 19.6 Å². The third-order valence-corrected chi connectivity index (χ3v) is 4.93. The number of benzene rings is 1. The van der Waals surface area contributed by atoms with Crippen LogP contribution >= 0.6 is 0 Å². The molecule has 1 aromatic rings. The summed E-state index contributed by atoms with van der Waals surface area (Å²) in [5.41, 5.74) is 7.47. The van der Waals surface area contributed by atoms with E-state index in [-0.39, 0.29) is 30.0 Å². The standard InChI is InChI=1S/C20H28F3N3O3/c1-13-7-15(8-14(2)18(13)29-12-20(21,22)23)9-25(3)11-17(27)26-6-4-5-16(10-26)19(24)28/h7-8,16H,4-6,9-12H2,1-3H3,(H2,24,28). The lowest BCUT2D eigenvalue weighted by Gasteiger charge is -2.32. The zero-order valence-corrected chi connectivity index (χ0v) is 17.0. The summed E-state index contributed by atoms with van der Waals surface area (Å²) in [7, 11) is 1.80. The van der Waals surface area contributed by atoms with E-state index >= 15 is 0 Å². The van der Waals surface area contributed by atoms with Gasteiger partial charge in [-0.15, -0.1) is 0 Å². The summed E-state index contributed by atoms with van der Waals surface area (Å²) in [6.07, 6.45) is -2.93. The van der Waals surface area contributed by atoms with E-state index in [4.69, 9.17) is 10.5 Å². The zero-order chi connectivity index (χ0) is 21.8. The third-order valence-electron chi connectivity index (χ3n) is 4.93. The molecule has 1 atom stereocenters. The number of likely N-dealkylation sites (N-methyl/N-ethyl adjacent to an activating group) is 1. The van der Waals surface area contributed by atoms with Gasteiger partial charge in [0.25, 0.3) is 0 Å². The Hall–Kier alpha value is -2.29. The van der Waals surface area contributed by atoms with Crippen molar-refractivity contribution < 1.29 is 27.5 Å². The molecule has 0 bridgehead atoms. The van der Waals surface area contributed by atoms with Gasteiger partial charge in [0.05, 0.1) is 12.5 Å². The lowest BCUT2D eigenvalue weighted by atomic mass is 9.97. The summed E-state index contributed by atoms with van der Waals surface area (Å²) in [5, 5.41) is 0. The van der Waals surface area contributed by atoms with Crippen LogP contribution in [0.25, 0.3) is 0 Å². The van der Waals surface area contributed by atoms with Gasteiger partial charge in [0.15, 0.2) is 6.61 Å². The van der Waals surface area contributed by atoms with E-state index in [0.717, 1.165) is 12.0 Å². The first-order valence-corrected chi connectivity index (χ1v) is 9.51. The highest BCUT2D eigenvalue weighted by molar-refractivity contribution is 5.81. The van der Waals surface area contributed by atoms with E-state index in [1.807, 2.05) is 4.90 Å². The van der Waals surface area contributed by atoms with Gasteiger partial charge in [-0.3, -0.25) is 14.5 Å². The van der Waals surface area contributed by atoms with Crippen molar-refractivity contribution in [2.45, 2.75) is 39.4 Å². The number of primary amides is 1. The molecule has 1 unspecified atom stereocenters. The molecular weight excluding hydrogens is 387 g/mol. The summed E-state index contributed by atoms with van der Waals surface area (Å²) >= 11 is 0. The monoisotopic (exact) mass is 415 g/mol. The molecule has 1 heterocycles. The number of ether oxygens (including phenoxy) is 1. The molecule has 1 aliphatic rings. The SMILES string of the molecule is Cc1cc(CN(C)CC(=O)N2CCCC(C(N)=O)C2)cc(C)c1OCC(F)(F)F. The fourth-order valence-electron chi connectivity index (χ4n) is 3.65. The Morgan fingerprint density at radius 3 is 2.45 bits per heavy atom. The number of hydrogen-bond donors (Lipinski definition) is 1. The number of alkyl halides is 3. The zero-order valence-electron chi connectivity index (χ0n) is 17.0. The van der Waals surface area contributed by atoms with Crippen molar-refractivity contribution in [2.24, 2.45) is 11.7 Å². The van der Waals surface area contributed by atoms with Crippen molar-refractivity contribution >= 4 is 11.8 Å². The maximum Gasteiger partial charge on any atom is 0.422 e. The molecule has 2 amide bonds. The average molecular weight is 415 g/mol. The molecule has 9 heteroatoms. The Morgan fingerprint density at radius 2 is 1.90 bits per heavy atom. The van der Waals surface area contributed by atoms with Crippen LogP contribution in [0, 0.1) is 19.8 Å². The first kappa shape index (κ1) is 23.0. The van der Waals surface area contributed by atoms with Crippen LogP contribution in [-0.4, -0.2) is 61.1 Å². The lowest BCUT2D eigenvalue weighted by Crippen LogP contribution is -2.47. The molecule has 0 aromatic heterocycles. The predicted octanol–water partition coefficient (Wildman–Crippen LogP) is 2.40. The Labute approximate surface area is 168 Å². The highest BCUT2D eigenvalue weighted by Crippen LogP contribution is 2.27. The maximum absolute atomic E-state index is 12.5. The largest absolute Gasteiger partial charge is 0.484 e. The molecule has 1 aromatic carbocycles. The summed E-state index contributed by atoms with van der Waals surface area (Å²) in [6.45, 7) is 3.67. The highest BCUT2D eigenvalue weighted by atomic mass is 19.4. The van der Waals surface area contributed by atoms with Gasteiger partial charge in [-0.05, 0) is 50.4 Å². The van der Waals surface area contributed by atoms with Gasteiger partial charge in [0.2, 0.25) is 11.8 Å². The summed E-state index contributed by atoms with van der Waals surface area (Å²) in [4.78, 5) is 27.4. The van der Waals surface area contributed by atoms with Crippen LogP contribution in [0.4, 0.5) is 13.2 Å². The fraction of sp³-hybridized carbons (Fsp3) is 0.600. The minimum Gasteiger partial charge on any atom is -0.484 e. The van der Waals surface area contributed by atoms with Gasteiger partial charge in [-0.25, -0.2) is 0 Å². The minimum atomic E-state index is -4.39. The molecule has 1 aliphatic heterocycles. The van der Waals surface area contributed by atoms with Gasteiger partial charge < -0.3 is 15.4 Å². The van der Waals surface area contributed by atoms with Crippen molar-refractivity contribution in [3.05, 3.63) is 28.8 Å². The van der Waals surface area contributed by atoms with Crippen LogP contribution in [-0.2, 0) is 16.1 Å². The van der Waals surface area contributed by atoms with Crippen molar-refractivity contribution in [2.75, 3.05) is 33.3 Å². The van der Waals surface area contributed by atoms with Crippen molar-refractivity contribution in [3.63, 3.8) is 0 Å². The van der Waals surface area contributed by atoms with Crippen molar-refractivity contribution in [3.8, 4) is 5.75 Å². The Morgan fingerprint density at radius 1 is 1.28 bits per heavy atom. The smallest absolute Gasteiger partial charge is 0.422 e. The van der Waals surface area contributed by atoms with Crippen molar-refractivity contribution in [1.82, 2.24) is 9.80 Å². The molecule has 1 fully saturated rings. The minimum absolute atomic E-state index is 0.0722. The molecule has 0 saturated carbocycles. The number of rotatable bonds is 7. The molecule has 6 nitrogen and oxygen atoms in total. The number of carbonyl (C=O) groups excluding carboxylic acids is 2. The quantitative estimate of drug-likeness (QED) is 0.742. The second kappa shape index (κ2) is 9.47. The van der Waals surface area contributed by atoms with Crippen LogP contribution < -0.4 is 10.5 Å². The number of amides is 2. The summed E-state index contributed by atoms with van der Waals surface area (Å²) in [6, 6.07) is 3.54. The number of aryl methyl sites for hydroxylation is 2. The van der Waals surface area contributed by atoms with Gasteiger partial charge in [0.1, 0.15) is 5.75 Å². The Kier molecular flexibility index (Phi) is 7.51. The third kappa shape index (κ3) is 6.92. The Balaban J connectivity index is 1.95. The van der Waals surface area contributed by atoms with E-state index in [1.54, 1.807) is 37.9 Å². The summed E-state index contributed by atoms with van der Waals surface area (Å²) in [5.74, 6) is -0.519. The lowest BCUT2D eigenvalue weighted by molar-refractivity contribution is -0.153. The number of hydrogen-bond acceptors (Lipinski definition) is 4. The molecule has 1 saturated heterocycles. The van der Waals surface area contributed by atoms with Gasteiger partial charge >= 0.3 is 6.18 Å². The second-order valence-electron chi connectivity index (χ2n) is 7.72. The maximum atomic E-state index is 12.5. The number of nitrogens with two attached hydrogens (primary N) is 1. The number of halogens is 3. The molecule has 162 valence electrons. The number of piperidine rings is 1. The van der Waals surface area contributed by atoms with Gasteiger partial charge in [-0.1, -0.05) is 12.1 Å². The van der Waals surface area contributed by atoms with Crippen LogP contribution in [0.5, 0.6) is 5.75 Å². The Bertz CT molecular complexity index is 729. The van der Waals surface area contributed by atoms with Crippen LogP contribution in [0.1, 0.15) is 29.5 Å². The normalized spacial score (nSPS) is 17.5. The number of carbonyl (C=O) groups is 2. The molecule has 0 radical (unpaired) electrons.